The summed E-state index contributed by atoms with van der Waals surface area (Å²) in [6, 6.07) is 7.43. The van der Waals surface area contributed by atoms with Crippen molar-refractivity contribution in [2.75, 3.05) is 19.0 Å². The van der Waals surface area contributed by atoms with Gasteiger partial charge in [0, 0.05) is 38.0 Å². The molecule has 3 rings (SSSR count). The summed E-state index contributed by atoms with van der Waals surface area (Å²) in [4.78, 5) is 17.3. The number of hydrogen-bond donors (Lipinski definition) is 1. The van der Waals surface area contributed by atoms with Crippen LogP contribution in [-0.2, 0) is 13.5 Å². The molecule has 8 heteroatoms. The SMILES string of the molecule is [C-]#[N+]c1c(-c2ccc(-c3nnc(N(C)C)s3)cc2)c(C(=O)O)n(C)c1CC. The Labute approximate surface area is 161 Å². The van der Waals surface area contributed by atoms with Crippen LogP contribution in [0, 0.1) is 6.57 Å². The molecule has 2 heterocycles. The molecule has 0 aliphatic carbocycles. The Morgan fingerprint density at radius 2 is 1.89 bits per heavy atom. The first-order chi connectivity index (χ1) is 12.9. The van der Waals surface area contributed by atoms with E-state index in [1.165, 1.54) is 11.3 Å². The van der Waals surface area contributed by atoms with Gasteiger partial charge < -0.3 is 14.6 Å². The van der Waals surface area contributed by atoms with Crippen LogP contribution in [-0.4, -0.2) is 39.9 Å². The third-order valence-electron chi connectivity index (χ3n) is 4.35. The zero-order valence-electron chi connectivity index (χ0n) is 15.5. The first-order valence-electron chi connectivity index (χ1n) is 8.32. The Kier molecular flexibility index (Phi) is 4.97. The summed E-state index contributed by atoms with van der Waals surface area (Å²) < 4.78 is 1.60. The molecule has 1 N–H and O–H groups in total. The first kappa shape index (κ1) is 18.6. The van der Waals surface area contributed by atoms with Crippen molar-refractivity contribution >= 4 is 28.1 Å². The van der Waals surface area contributed by atoms with E-state index < -0.39 is 5.97 Å². The summed E-state index contributed by atoms with van der Waals surface area (Å²) in [5, 5.41) is 19.6. The normalized spacial score (nSPS) is 10.6. The van der Waals surface area contributed by atoms with Crippen LogP contribution in [0.5, 0.6) is 0 Å². The van der Waals surface area contributed by atoms with E-state index in [4.69, 9.17) is 6.57 Å². The van der Waals surface area contributed by atoms with E-state index in [1.807, 2.05) is 50.2 Å². The number of carbonyl (C=O) groups is 1. The molecule has 2 aromatic heterocycles. The fourth-order valence-electron chi connectivity index (χ4n) is 3.06. The number of carboxylic acids is 1. The van der Waals surface area contributed by atoms with E-state index in [9.17, 15) is 9.90 Å². The van der Waals surface area contributed by atoms with Crippen LogP contribution < -0.4 is 4.90 Å². The Morgan fingerprint density at radius 1 is 1.26 bits per heavy atom. The fourth-order valence-corrected chi connectivity index (χ4v) is 3.83. The first-order valence-corrected chi connectivity index (χ1v) is 9.14. The third kappa shape index (κ3) is 3.17. The molecule has 0 bridgehead atoms. The molecule has 7 nitrogen and oxygen atoms in total. The van der Waals surface area contributed by atoms with Crippen LogP contribution in [0.15, 0.2) is 24.3 Å². The minimum Gasteiger partial charge on any atom is -0.477 e. The lowest BCUT2D eigenvalue weighted by Gasteiger charge is -2.06. The molecular weight excluding hydrogens is 362 g/mol. The van der Waals surface area contributed by atoms with Crippen molar-refractivity contribution in [2.24, 2.45) is 7.05 Å². The second kappa shape index (κ2) is 7.21. The van der Waals surface area contributed by atoms with Crippen LogP contribution in [0.3, 0.4) is 0 Å². The second-order valence-corrected chi connectivity index (χ2v) is 7.17. The molecule has 0 radical (unpaired) electrons. The predicted octanol–water partition coefficient (Wildman–Crippen LogP) is 4.09. The van der Waals surface area contributed by atoms with E-state index in [2.05, 4.69) is 15.0 Å². The fraction of sp³-hybridized carbons (Fsp3) is 0.263. The summed E-state index contributed by atoms with van der Waals surface area (Å²) in [5.41, 5.74) is 3.33. The molecule has 0 saturated heterocycles. The zero-order chi connectivity index (χ0) is 19.7. The maximum Gasteiger partial charge on any atom is 0.351 e. The van der Waals surface area contributed by atoms with Crippen LogP contribution in [0.25, 0.3) is 26.5 Å². The minimum atomic E-state index is -1.04. The number of carboxylic acid groups (broad SMARTS) is 1. The van der Waals surface area contributed by atoms with Crippen molar-refractivity contribution in [3.05, 3.63) is 47.1 Å². The van der Waals surface area contributed by atoms with Gasteiger partial charge in [0.05, 0.1) is 6.57 Å². The molecule has 0 atom stereocenters. The number of benzene rings is 1. The van der Waals surface area contributed by atoms with E-state index in [0.29, 0.717) is 23.2 Å². The van der Waals surface area contributed by atoms with Crippen molar-refractivity contribution in [2.45, 2.75) is 13.3 Å². The topological polar surface area (TPSA) is 75.6 Å². The second-order valence-electron chi connectivity index (χ2n) is 6.21. The van der Waals surface area contributed by atoms with Crippen LogP contribution in [0.4, 0.5) is 10.8 Å². The van der Waals surface area contributed by atoms with Gasteiger partial charge in [0.1, 0.15) is 10.7 Å². The standard InChI is InChI=1S/C19H19N5O2S/c1-6-13-15(20-2)14(16(18(25)26)24(13)5)11-7-9-12(10-8-11)17-21-22-19(27-17)23(3)4/h7-10H,6H2,1,3-5H3,(H,25,26). The molecule has 3 aromatic rings. The molecule has 0 saturated carbocycles. The number of rotatable bonds is 5. The van der Waals surface area contributed by atoms with E-state index in [1.54, 1.807) is 11.6 Å². The van der Waals surface area contributed by atoms with E-state index in [-0.39, 0.29) is 5.69 Å². The van der Waals surface area contributed by atoms with Crippen LogP contribution in [0.1, 0.15) is 23.1 Å². The average Bonchev–Trinajstić information content (AvgIpc) is 3.24. The number of aromatic carboxylic acids is 1. The zero-order valence-corrected chi connectivity index (χ0v) is 16.3. The third-order valence-corrected chi connectivity index (χ3v) is 5.49. The molecule has 0 amide bonds. The highest BCUT2D eigenvalue weighted by Gasteiger charge is 2.25. The van der Waals surface area contributed by atoms with E-state index in [0.717, 1.165) is 21.4 Å². The molecule has 0 fully saturated rings. The highest BCUT2D eigenvalue weighted by molar-refractivity contribution is 7.18. The monoisotopic (exact) mass is 381 g/mol. The predicted molar refractivity (Wildman–Crippen MR) is 107 cm³/mol. The lowest BCUT2D eigenvalue weighted by molar-refractivity contribution is 0.0687. The smallest absolute Gasteiger partial charge is 0.351 e. The Morgan fingerprint density at radius 3 is 2.37 bits per heavy atom. The lowest BCUT2D eigenvalue weighted by Crippen LogP contribution is -2.07. The number of hydrogen-bond acceptors (Lipinski definition) is 5. The largest absolute Gasteiger partial charge is 0.477 e. The quantitative estimate of drug-likeness (QED) is 0.674. The van der Waals surface area contributed by atoms with Gasteiger partial charge in [-0.1, -0.05) is 42.5 Å². The highest BCUT2D eigenvalue weighted by Crippen LogP contribution is 2.40. The van der Waals surface area contributed by atoms with Crippen LogP contribution in [0.2, 0.25) is 0 Å². The van der Waals surface area contributed by atoms with Gasteiger partial charge in [0.15, 0.2) is 0 Å². The number of nitrogens with zero attached hydrogens (tertiary/aromatic N) is 5. The van der Waals surface area contributed by atoms with Crippen molar-refractivity contribution in [3.63, 3.8) is 0 Å². The molecule has 0 spiro atoms. The van der Waals surface area contributed by atoms with Crippen molar-refractivity contribution in [1.82, 2.24) is 14.8 Å². The molecule has 0 aliphatic rings. The maximum absolute atomic E-state index is 11.8. The van der Waals surface area contributed by atoms with Crippen molar-refractivity contribution in [3.8, 4) is 21.7 Å². The Hall–Kier alpha value is -3.18. The van der Waals surface area contributed by atoms with Crippen molar-refractivity contribution in [1.29, 1.82) is 0 Å². The lowest BCUT2D eigenvalue weighted by atomic mass is 10.0. The number of aromatic nitrogens is 3. The Balaban J connectivity index is 2.10. The average molecular weight is 381 g/mol. The Bertz CT molecular complexity index is 1040. The highest BCUT2D eigenvalue weighted by atomic mass is 32.1. The van der Waals surface area contributed by atoms with Gasteiger partial charge in [-0.25, -0.2) is 9.64 Å². The van der Waals surface area contributed by atoms with Gasteiger partial charge in [-0.2, -0.15) is 0 Å². The molecule has 0 aliphatic heterocycles. The summed E-state index contributed by atoms with van der Waals surface area (Å²) in [7, 11) is 5.51. The molecule has 0 unspecified atom stereocenters. The van der Waals surface area contributed by atoms with Gasteiger partial charge in [-0.05, 0) is 12.0 Å². The molecule has 27 heavy (non-hydrogen) atoms. The summed E-state index contributed by atoms with van der Waals surface area (Å²) >= 11 is 1.48. The van der Waals surface area contributed by atoms with Gasteiger partial charge in [-0.3, -0.25) is 0 Å². The van der Waals surface area contributed by atoms with Gasteiger partial charge in [-0.15, -0.1) is 10.2 Å². The van der Waals surface area contributed by atoms with Crippen molar-refractivity contribution < 1.29 is 9.90 Å². The summed E-state index contributed by atoms with van der Waals surface area (Å²) in [5.74, 6) is -1.04. The summed E-state index contributed by atoms with van der Waals surface area (Å²) in [6.07, 6.45) is 0.588. The van der Waals surface area contributed by atoms with E-state index >= 15 is 0 Å². The van der Waals surface area contributed by atoms with Gasteiger partial charge >= 0.3 is 5.97 Å². The molecular formula is C19H19N5O2S. The minimum absolute atomic E-state index is 0.136. The summed E-state index contributed by atoms with van der Waals surface area (Å²) in [6.45, 7) is 9.46. The maximum atomic E-state index is 11.8. The number of anilines is 1. The van der Waals surface area contributed by atoms with Crippen LogP contribution >= 0.6 is 11.3 Å². The van der Waals surface area contributed by atoms with Gasteiger partial charge in [0.2, 0.25) is 10.8 Å². The molecule has 1 aromatic carbocycles. The van der Waals surface area contributed by atoms with Gasteiger partial charge in [0.25, 0.3) is 0 Å². The molecule has 138 valence electrons.